The van der Waals surface area contributed by atoms with Crippen LogP contribution in [-0.4, -0.2) is 42.0 Å². The van der Waals surface area contributed by atoms with Crippen LogP contribution in [0.4, 0.5) is 0 Å². The van der Waals surface area contributed by atoms with Crippen LogP contribution in [0.2, 0.25) is 0 Å². The van der Waals surface area contributed by atoms with Crippen LogP contribution in [0.25, 0.3) is 0 Å². The minimum atomic E-state index is 0.203. The lowest BCUT2D eigenvalue weighted by Gasteiger charge is -2.30. The van der Waals surface area contributed by atoms with Gasteiger partial charge in [-0.3, -0.25) is 9.69 Å². The van der Waals surface area contributed by atoms with E-state index in [1.165, 1.54) is 32.2 Å². The molecule has 1 amide bonds. The van der Waals surface area contributed by atoms with Gasteiger partial charge in [-0.2, -0.15) is 0 Å². The summed E-state index contributed by atoms with van der Waals surface area (Å²) in [6, 6.07) is 1.44. The average Bonchev–Trinajstić information content (AvgIpc) is 3.18. The SMILES string of the molecule is NCC(CC(=O)NC1CC1)N(CC1CC1)C1CC1. The molecule has 0 bridgehead atoms. The Bertz CT molecular complexity index is 308. The molecule has 0 aliphatic heterocycles. The molecule has 0 aromatic carbocycles. The summed E-state index contributed by atoms with van der Waals surface area (Å²) in [6.45, 7) is 1.78. The van der Waals surface area contributed by atoms with Crippen LogP contribution < -0.4 is 11.1 Å². The number of nitrogens with two attached hydrogens (primary N) is 1. The minimum Gasteiger partial charge on any atom is -0.353 e. The topological polar surface area (TPSA) is 58.4 Å². The Hall–Kier alpha value is -0.610. The fourth-order valence-corrected chi connectivity index (χ4v) is 2.67. The normalized spacial score (nSPS) is 25.2. The Labute approximate surface area is 109 Å². The second kappa shape index (κ2) is 5.17. The van der Waals surface area contributed by atoms with E-state index in [-0.39, 0.29) is 11.9 Å². The van der Waals surface area contributed by atoms with Gasteiger partial charge >= 0.3 is 0 Å². The van der Waals surface area contributed by atoms with Crippen LogP contribution in [0.3, 0.4) is 0 Å². The van der Waals surface area contributed by atoms with E-state index in [2.05, 4.69) is 10.2 Å². The van der Waals surface area contributed by atoms with Crippen molar-refractivity contribution in [3.05, 3.63) is 0 Å². The summed E-state index contributed by atoms with van der Waals surface area (Å²) < 4.78 is 0. The Morgan fingerprint density at radius 1 is 1.22 bits per heavy atom. The van der Waals surface area contributed by atoms with Crippen molar-refractivity contribution >= 4 is 5.91 Å². The molecule has 0 saturated heterocycles. The highest BCUT2D eigenvalue weighted by atomic mass is 16.1. The number of amides is 1. The maximum Gasteiger partial charge on any atom is 0.221 e. The highest BCUT2D eigenvalue weighted by Crippen LogP contribution is 2.36. The molecule has 3 aliphatic rings. The molecule has 4 heteroatoms. The molecule has 0 spiro atoms. The smallest absolute Gasteiger partial charge is 0.221 e. The summed E-state index contributed by atoms with van der Waals surface area (Å²) in [5.74, 6) is 1.08. The Kier molecular flexibility index (Phi) is 3.57. The van der Waals surface area contributed by atoms with Crippen molar-refractivity contribution in [2.24, 2.45) is 11.7 Å². The van der Waals surface area contributed by atoms with Crippen molar-refractivity contribution in [3.8, 4) is 0 Å². The monoisotopic (exact) mass is 251 g/mol. The zero-order chi connectivity index (χ0) is 12.5. The zero-order valence-corrected chi connectivity index (χ0v) is 11.1. The van der Waals surface area contributed by atoms with E-state index >= 15 is 0 Å². The van der Waals surface area contributed by atoms with Gasteiger partial charge in [-0.1, -0.05) is 0 Å². The standard InChI is InChI=1S/C14H25N3O/c15-8-13(7-14(18)16-11-3-4-11)17(12-5-6-12)9-10-1-2-10/h10-13H,1-9,15H2,(H,16,18). The first-order chi connectivity index (χ1) is 8.76. The zero-order valence-electron chi connectivity index (χ0n) is 11.1. The largest absolute Gasteiger partial charge is 0.353 e. The molecule has 3 fully saturated rings. The van der Waals surface area contributed by atoms with Crippen LogP contribution in [0, 0.1) is 5.92 Å². The van der Waals surface area contributed by atoms with Crippen molar-refractivity contribution in [3.63, 3.8) is 0 Å². The third-order valence-electron chi connectivity index (χ3n) is 4.29. The predicted molar refractivity (Wildman–Crippen MR) is 71.1 cm³/mol. The van der Waals surface area contributed by atoms with Gasteiger partial charge in [-0.05, 0) is 44.4 Å². The Morgan fingerprint density at radius 2 is 1.94 bits per heavy atom. The highest BCUT2D eigenvalue weighted by Gasteiger charge is 2.38. The van der Waals surface area contributed by atoms with Crippen molar-refractivity contribution in [1.82, 2.24) is 10.2 Å². The van der Waals surface area contributed by atoms with Gasteiger partial charge < -0.3 is 11.1 Å². The molecule has 3 aliphatic carbocycles. The summed E-state index contributed by atoms with van der Waals surface area (Å²) >= 11 is 0. The van der Waals surface area contributed by atoms with Gasteiger partial charge in [0.1, 0.15) is 0 Å². The third kappa shape index (κ3) is 3.45. The van der Waals surface area contributed by atoms with Gasteiger partial charge in [0, 0.05) is 37.6 Å². The second-order valence-corrected chi connectivity index (χ2v) is 6.31. The number of hydrogen-bond donors (Lipinski definition) is 2. The van der Waals surface area contributed by atoms with E-state index in [1.54, 1.807) is 0 Å². The van der Waals surface area contributed by atoms with Crippen LogP contribution in [0.1, 0.15) is 44.9 Å². The van der Waals surface area contributed by atoms with Gasteiger partial charge in [-0.25, -0.2) is 0 Å². The molecule has 0 aromatic rings. The molecule has 0 radical (unpaired) electrons. The van der Waals surface area contributed by atoms with Crippen molar-refractivity contribution in [1.29, 1.82) is 0 Å². The van der Waals surface area contributed by atoms with Crippen LogP contribution in [-0.2, 0) is 4.79 Å². The maximum absolute atomic E-state index is 11.9. The van der Waals surface area contributed by atoms with Crippen molar-refractivity contribution < 1.29 is 4.79 Å². The number of carbonyl (C=O) groups is 1. The molecule has 4 nitrogen and oxygen atoms in total. The van der Waals surface area contributed by atoms with Crippen LogP contribution in [0.5, 0.6) is 0 Å². The Balaban J connectivity index is 1.51. The van der Waals surface area contributed by atoms with Crippen molar-refractivity contribution in [2.75, 3.05) is 13.1 Å². The average molecular weight is 251 g/mol. The van der Waals surface area contributed by atoms with Crippen molar-refractivity contribution in [2.45, 2.75) is 63.1 Å². The second-order valence-electron chi connectivity index (χ2n) is 6.31. The maximum atomic E-state index is 11.9. The van der Waals surface area contributed by atoms with E-state index < -0.39 is 0 Å². The third-order valence-corrected chi connectivity index (χ3v) is 4.29. The number of nitrogens with one attached hydrogen (secondary N) is 1. The first-order valence-electron chi connectivity index (χ1n) is 7.51. The molecule has 3 saturated carbocycles. The van der Waals surface area contributed by atoms with Gasteiger partial charge in [0.25, 0.3) is 0 Å². The van der Waals surface area contributed by atoms with Gasteiger partial charge in [0.2, 0.25) is 5.91 Å². The van der Waals surface area contributed by atoms with Crippen LogP contribution in [0.15, 0.2) is 0 Å². The predicted octanol–water partition coefficient (Wildman–Crippen LogP) is 0.857. The number of nitrogens with zero attached hydrogens (tertiary/aromatic N) is 1. The molecule has 18 heavy (non-hydrogen) atoms. The first kappa shape index (κ1) is 12.4. The van der Waals surface area contributed by atoms with Crippen LogP contribution >= 0.6 is 0 Å². The number of hydrogen-bond acceptors (Lipinski definition) is 3. The lowest BCUT2D eigenvalue weighted by Crippen LogP contribution is -2.46. The van der Waals surface area contributed by atoms with E-state index in [0.29, 0.717) is 25.0 Å². The van der Waals surface area contributed by atoms with Gasteiger partial charge in [0.15, 0.2) is 0 Å². The van der Waals surface area contributed by atoms with E-state index in [4.69, 9.17) is 5.73 Å². The summed E-state index contributed by atoms with van der Waals surface area (Å²) in [6.07, 6.45) is 8.25. The fourth-order valence-electron chi connectivity index (χ4n) is 2.67. The molecule has 1 atom stereocenters. The first-order valence-corrected chi connectivity index (χ1v) is 7.51. The minimum absolute atomic E-state index is 0.203. The summed E-state index contributed by atoms with van der Waals surface area (Å²) in [5.41, 5.74) is 5.91. The highest BCUT2D eigenvalue weighted by molar-refractivity contribution is 5.77. The Morgan fingerprint density at radius 3 is 2.44 bits per heavy atom. The quantitative estimate of drug-likeness (QED) is 0.672. The van der Waals surface area contributed by atoms with Gasteiger partial charge in [-0.15, -0.1) is 0 Å². The fraction of sp³-hybridized carbons (Fsp3) is 0.929. The van der Waals surface area contributed by atoms with Gasteiger partial charge in [0.05, 0.1) is 0 Å². The lowest BCUT2D eigenvalue weighted by atomic mass is 10.1. The van der Waals surface area contributed by atoms with E-state index in [1.807, 2.05) is 0 Å². The molecule has 3 N–H and O–H groups in total. The van der Waals surface area contributed by atoms with E-state index in [9.17, 15) is 4.79 Å². The summed E-state index contributed by atoms with van der Waals surface area (Å²) in [4.78, 5) is 14.5. The molecule has 1 unspecified atom stereocenters. The molecule has 102 valence electrons. The lowest BCUT2D eigenvalue weighted by molar-refractivity contribution is -0.122. The van der Waals surface area contributed by atoms with E-state index in [0.717, 1.165) is 18.8 Å². The summed E-state index contributed by atoms with van der Waals surface area (Å²) in [7, 11) is 0. The molecule has 0 heterocycles. The molecule has 0 aromatic heterocycles. The summed E-state index contributed by atoms with van der Waals surface area (Å²) in [5, 5.41) is 3.08. The number of carbonyl (C=O) groups excluding carboxylic acids is 1. The molecular formula is C14H25N3O. The number of rotatable bonds is 8. The molecular weight excluding hydrogens is 226 g/mol. The molecule has 3 rings (SSSR count).